The Morgan fingerprint density at radius 1 is 0.939 bits per heavy atom. The van der Waals surface area contributed by atoms with Crippen molar-refractivity contribution in [1.29, 1.82) is 0 Å². The van der Waals surface area contributed by atoms with Gasteiger partial charge < -0.3 is 15.5 Å². The lowest BCUT2D eigenvalue weighted by Crippen LogP contribution is -2.49. The molecular weight excluding hydrogens is 432 g/mol. The molecule has 1 aliphatic heterocycles. The molecule has 0 spiro atoms. The number of thiazole rings is 1. The first-order chi connectivity index (χ1) is 16.2. The second-order valence-corrected chi connectivity index (χ2v) is 9.80. The van der Waals surface area contributed by atoms with Crippen LogP contribution in [0.2, 0.25) is 0 Å². The van der Waals surface area contributed by atoms with Crippen LogP contribution >= 0.6 is 11.3 Å². The molecule has 0 radical (unpaired) electrons. The second kappa shape index (κ2) is 9.75. The van der Waals surface area contributed by atoms with Gasteiger partial charge in [-0.3, -0.25) is 4.79 Å². The van der Waals surface area contributed by atoms with Crippen molar-refractivity contribution < 1.29 is 9.59 Å². The Kier molecular flexibility index (Phi) is 6.39. The Morgan fingerprint density at radius 2 is 1.67 bits per heavy atom. The average molecular weight is 461 g/mol. The molecule has 3 aromatic rings. The van der Waals surface area contributed by atoms with Crippen LogP contribution in [0.3, 0.4) is 0 Å². The third-order valence-electron chi connectivity index (χ3n) is 6.55. The van der Waals surface area contributed by atoms with Crippen molar-refractivity contribution in [2.45, 2.75) is 37.6 Å². The lowest BCUT2D eigenvalue weighted by molar-refractivity contribution is -0.126. The van der Waals surface area contributed by atoms with E-state index in [0.29, 0.717) is 13.1 Å². The molecule has 170 valence electrons. The van der Waals surface area contributed by atoms with Crippen LogP contribution in [0.5, 0.6) is 0 Å². The van der Waals surface area contributed by atoms with Gasteiger partial charge >= 0.3 is 6.03 Å². The van der Waals surface area contributed by atoms with E-state index >= 15 is 0 Å². The summed E-state index contributed by atoms with van der Waals surface area (Å²) >= 11 is 1.70. The predicted molar refractivity (Wildman–Crippen MR) is 132 cm³/mol. The first kappa shape index (κ1) is 21.6. The summed E-state index contributed by atoms with van der Waals surface area (Å²) < 4.78 is 1.17. The smallest absolute Gasteiger partial charge is 0.321 e. The third kappa shape index (κ3) is 4.93. The quantitative estimate of drug-likeness (QED) is 0.528. The number of carbonyl (C=O) groups excluding carboxylic acids is 2. The molecule has 33 heavy (non-hydrogen) atoms. The van der Waals surface area contributed by atoms with Crippen LogP contribution in [0, 0.1) is 5.92 Å². The minimum atomic E-state index is -0.102. The molecule has 1 fully saturated rings. The Labute approximate surface area is 197 Å². The van der Waals surface area contributed by atoms with Crippen LogP contribution in [0.25, 0.3) is 10.2 Å². The lowest BCUT2D eigenvalue weighted by atomic mass is 9.82. The van der Waals surface area contributed by atoms with E-state index in [9.17, 15) is 9.59 Å². The zero-order valence-corrected chi connectivity index (χ0v) is 19.3. The second-order valence-electron chi connectivity index (χ2n) is 8.74. The van der Waals surface area contributed by atoms with Gasteiger partial charge in [-0.05, 0) is 49.9 Å². The summed E-state index contributed by atoms with van der Waals surface area (Å²) in [4.78, 5) is 32.4. The minimum absolute atomic E-state index is 0.0840. The Morgan fingerprint density at radius 3 is 2.45 bits per heavy atom. The topological polar surface area (TPSA) is 74.3 Å². The predicted octanol–water partition coefficient (Wildman–Crippen LogP) is 5.16. The van der Waals surface area contributed by atoms with Gasteiger partial charge in [0.05, 0.1) is 21.1 Å². The Hall–Kier alpha value is -3.19. The van der Waals surface area contributed by atoms with Crippen molar-refractivity contribution >= 4 is 39.2 Å². The summed E-state index contributed by atoms with van der Waals surface area (Å²) in [5, 5.41) is 7.27. The number of fused-ring (bicyclic) bond motifs is 1. The zero-order valence-electron chi connectivity index (χ0n) is 18.4. The number of nitrogens with zero attached hydrogens (tertiary/aromatic N) is 2. The van der Waals surface area contributed by atoms with Crippen molar-refractivity contribution in [2.75, 3.05) is 18.4 Å². The van der Waals surface area contributed by atoms with E-state index in [0.717, 1.165) is 41.9 Å². The van der Waals surface area contributed by atoms with E-state index in [4.69, 9.17) is 4.98 Å². The van der Waals surface area contributed by atoms with E-state index in [2.05, 4.69) is 28.9 Å². The highest BCUT2D eigenvalue weighted by atomic mass is 32.1. The lowest BCUT2D eigenvalue weighted by Gasteiger charge is -2.34. The molecule has 6 nitrogen and oxygen atoms in total. The Bertz CT molecular complexity index is 1120. The minimum Gasteiger partial charge on any atom is -0.353 e. The van der Waals surface area contributed by atoms with Crippen molar-refractivity contribution in [2.24, 2.45) is 5.92 Å². The van der Waals surface area contributed by atoms with Crippen molar-refractivity contribution in [3.8, 4) is 0 Å². The molecule has 2 aliphatic rings. The summed E-state index contributed by atoms with van der Waals surface area (Å²) in [6.45, 7) is 1.27. The fourth-order valence-electron chi connectivity index (χ4n) is 4.68. The van der Waals surface area contributed by atoms with E-state index in [1.54, 1.807) is 11.3 Å². The number of allylic oxidation sites excluding steroid dienone is 2. The number of rotatable bonds is 4. The average Bonchev–Trinajstić information content (AvgIpc) is 3.29. The maximum atomic E-state index is 13.3. The molecule has 3 amide bonds. The number of benzene rings is 2. The maximum absolute atomic E-state index is 13.3. The first-order valence-corrected chi connectivity index (χ1v) is 12.4. The number of aromatic nitrogens is 1. The third-order valence-corrected chi connectivity index (χ3v) is 7.72. The summed E-state index contributed by atoms with van der Waals surface area (Å²) in [6, 6.07) is 17.7. The molecule has 2 heterocycles. The van der Waals surface area contributed by atoms with Gasteiger partial charge in [-0.1, -0.05) is 42.5 Å². The molecule has 2 aromatic carbocycles. The number of anilines is 1. The first-order valence-electron chi connectivity index (χ1n) is 11.6. The maximum Gasteiger partial charge on any atom is 0.321 e. The molecule has 2 unspecified atom stereocenters. The molecule has 2 atom stereocenters. The van der Waals surface area contributed by atoms with E-state index in [1.807, 2.05) is 53.4 Å². The molecule has 7 heteroatoms. The van der Waals surface area contributed by atoms with E-state index in [-0.39, 0.29) is 29.8 Å². The highest BCUT2D eigenvalue weighted by molar-refractivity contribution is 7.18. The molecule has 0 bridgehead atoms. The summed E-state index contributed by atoms with van der Waals surface area (Å²) in [5.74, 6) is 0.120. The van der Waals surface area contributed by atoms with Gasteiger partial charge in [0.15, 0.2) is 0 Å². The van der Waals surface area contributed by atoms with Gasteiger partial charge in [0, 0.05) is 30.7 Å². The number of nitrogens with one attached hydrogen (secondary N) is 2. The van der Waals surface area contributed by atoms with Crippen LogP contribution in [0.1, 0.15) is 36.6 Å². The number of hydrogen-bond donors (Lipinski definition) is 2. The number of likely N-dealkylation sites (tertiary alicyclic amines) is 1. The van der Waals surface area contributed by atoms with Gasteiger partial charge in [-0.2, -0.15) is 0 Å². The fourth-order valence-corrected chi connectivity index (χ4v) is 5.83. The highest BCUT2D eigenvalue weighted by Crippen LogP contribution is 2.38. The van der Waals surface area contributed by atoms with Gasteiger partial charge in [0.25, 0.3) is 0 Å². The summed E-state index contributed by atoms with van der Waals surface area (Å²) in [7, 11) is 0. The van der Waals surface area contributed by atoms with Crippen molar-refractivity contribution in [1.82, 2.24) is 15.2 Å². The van der Waals surface area contributed by atoms with Crippen LogP contribution < -0.4 is 10.6 Å². The summed E-state index contributed by atoms with van der Waals surface area (Å²) in [6.07, 6.45) is 7.40. The zero-order chi connectivity index (χ0) is 22.6. The van der Waals surface area contributed by atoms with Crippen molar-refractivity contribution in [3.05, 3.63) is 71.8 Å². The fraction of sp³-hybridized carbons (Fsp3) is 0.346. The van der Waals surface area contributed by atoms with Crippen LogP contribution in [-0.4, -0.2) is 41.0 Å². The molecule has 1 saturated heterocycles. The van der Waals surface area contributed by atoms with Gasteiger partial charge in [-0.15, -0.1) is 11.3 Å². The van der Waals surface area contributed by atoms with Crippen LogP contribution in [0.15, 0.2) is 66.7 Å². The van der Waals surface area contributed by atoms with Gasteiger partial charge in [-0.25, -0.2) is 9.78 Å². The molecular formula is C26H28N4O2S. The largest absolute Gasteiger partial charge is 0.353 e. The number of amides is 3. The molecule has 1 aromatic heterocycles. The van der Waals surface area contributed by atoms with Gasteiger partial charge in [0.2, 0.25) is 5.91 Å². The monoisotopic (exact) mass is 460 g/mol. The highest BCUT2D eigenvalue weighted by Gasteiger charge is 2.34. The number of para-hydroxylation sites is 2. The number of urea groups is 1. The Balaban J connectivity index is 1.18. The molecule has 0 saturated carbocycles. The number of carbonyl (C=O) groups is 2. The van der Waals surface area contributed by atoms with Crippen molar-refractivity contribution in [3.63, 3.8) is 0 Å². The standard InChI is InChI=1S/C26H28N4O2S/c31-24(20-10-4-5-11-21(20)25-29-22-12-6-7-13-23(22)33-25)27-19-14-16-30(17-15-19)26(32)28-18-8-2-1-3-9-18/h1-9,12-13,19-21H,10-11,14-17H2,(H,27,31)(H,28,32). The number of hydrogen-bond acceptors (Lipinski definition) is 4. The molecule has 2 N–H and O–H groups in total. The molecule has 5 rings (SSSR count). The number of piperidine rings is 1. The normalized spacial score (nSPS) is 21.2. The van der Waals surface area contributed by atoms with E-state index < -0.39 is 0 Å². The van der Waals surface area contributed by atoms with E-state index in [1.165, 1.54) is 4.70 Å². The van der Waals surface area contributed by atoms with Crippen LogP contribution in [0.4, 0.5) is 10.5 Å². The summed E-state index contributed by atoms with van der Waals surface area (Å²) in [5.41, 5.74) is 1.80. The van der Waals surface area contributed by atoms with Crippen LogP contribution in [-0.2, 0) is 4.79 Å². The van der Waals surface area contributed by atoms with Gasteiger partial charge in [0.1, 0.15) is 0 Å². The SMILES string of the molecule is O=C(NC1CCN(C(=O)Nc2ccccc2)CC1)C1CC=CCC1c1nc2ccccc2s1. The molecule has 1 aliphatic carbocycles.